The molecular weight excluding hydrogens is 352 g/mol. The van der Waals surface area contributed by atoms with Gasteiger partial charge in [0.1, 0.15) is 5.69 Å². The third kappa shape index (κ3) is 2.96. The zero-order valence-electron chi connectivity index (χ0n) is 14.0. The minimum absolute atomic E-state index is 0.240. The normalized spacial score (nSPS) is 11.2. The summed E-state index contributed by atoms with van der Waals surface area (Å²) in [5, 5.41) is 7.39. The Balaban J connectivity index is 1.55. The predicted octanol–water partition coefficient (Wildman–Crippen LogP) is 4.70. The highest BCUT2D eigenvalue weighted by Gasteiger charge is 2.15. The number of aromatic nitrogens is 3. The molecule has 0 aliphatic heterocycles. The van der Waals surface area contributed by atoms with E-state index < -0.39 is 0 Å². The summed E-state index contributed by atoms with van der Waals surface area (Å²) in [6, 6.07) is 6.25. The zero-order chi connectivity index (χ0) is 17.6. The summed E-state index contributed by atoms with van der Waals surface area (Å²) in [6.07, 6.45) is 1.76. The lowest BCUT2D eigenvalue weighted by Gasteiger charge is -2.02. The number of carbonyl (C=O) groups excluding carboxylic acids is 1. The number of hydrogen-bond acceptors (Lipinski definition) is 5. The third-order valence-electron chi connectivity index (χ3n) is 4.15. The van der Waals surface area contributed by atoms with E-state index >= 15 is 0 Å². The lowest BCUT2D eigenvalue weighted by molar-refractivity contribution is 0.102. The van der Waals surface area contributed by atoms with Gasteiger partial charge in [-0.25, -0.2) is 9.97 Å². The van der Waals surface area contributed by atoms with Crippen molar-refractivity contribution in [3.05, 3.63) is 57.7 Å². The monoisotopic (exact) mass is 368 g/mol. The third-order valence-corrected chi connectivity index (χ3v) is 5.86. The average molecular weight is 368 g/mol. The summed E-state index contributed by atoms with van der Waals surface area (Å²) >= 11 is 2.94. The number of aryl methyl sites for hydroxylation is 3. The number of amides is 1. The number of fused-ring (bicyclic) bond motifs is 1. The van der Waals surface area contributed by atoms with E-state index in [1.807, 2.05) is 22.1 Å². The van der Waals surface area contributed by atoms with Crippen LogP contribution in [0, 0.1) is 20.8 Å². The van der Waals surface area contributed by atoms with Gasteiger partial charge in [0.2, 0.25) is 0 Å². The standard InChI is InChI=1S/C18H16N4OS2/c1-10-4-5-13(6-11(10)2)15-9-24-17(19-15)21-16(23)14-7-22-12(3)8-25-18(22)20-14/h4-9H,1-3H3,(H,19,21,23). The van der Waals surface area contributed by atoms with E-state index in [9.17, 15) is 4.79 Å². The zero-order valence-corrected chi connectivity index (χ0v) is 15.7. The van der Waals surface area contributed by atoms with Crippen LogP contribution in [0.5, 0.6) is 0 Å². The number of carbonyl (C=O) groups is 1. The molecule has 0 unspecified atom stereocenters. The van der Waals surface area contributed by atoms with Gasteiger partial charge in [0.15, 0.2) is 10.1 Å². The van der Waals surface area contributed by atoms with Crippen molar-refractivity contribution in [3.8, 4) is 11.3 Å². The lowest BCUT2D eigenvalue weighted by atomic mass is 10.1. The molecule has 7 heteroatoms. The smallest absolute Gasteiger partial charge is 0.277 e. The van der Waals surface area contributed by atoms with Crippen LogP contribution in [0.15, 0.2) is 35.2 Å². The number of hydrogen-bond donors (Lipinski definition) is 1. The first-order chi connectivity index (χ1) is 12.0. The van der Waals surface area contributed by atoms with Crippen LogP contribution >= 0.6 is 22.7 Å². The maximum Gasteiger partial charge on any atom is 0.277 e. The Bertz CT molecular complexity index is 1090. The minimum Gasteiger partial charge on any atom is -0.296 e. The molecule has 0 saturated carbocycles. The number of rotatable bonds is 3. The second-order valence-corrected chi connectivity index (χ2v) is 7.64. The first-order valence-corrected chi connectivity index (χ1v) is 9.55. The number of benzene rings is 1. The van der Waals surface area contributed by atoms with Crippen molar-refractivity contribution in [1.82, 2.24) is 14.4 Å². The van der Waals surface area contributed by atoms with Gasteiger partial charge < -0.3 is 0 Å². The number of imidazole rings is 1. The molecule has 1 aromatic carbocycles. The molecule has 126 valence electrons. The van der Waals surface area contributed by atoms with Gasteiger partial charge >= 0.3 is 0 Å². The molecule has 0 radical (unpaired) electrons. The molecule has 4 rings (SSSR count). The van der Waals surface area contributed by atoms with Gasteiger partial charge in [0.25, 0.3) is 5.91 Å². The van der Waals surface area contributed by atoms with Crippen LogP contribution in [-0.2, 0) is 0 Å². The maximum absolute atomic E-state index is 12.4. The Labute approximate surface area is 153 Å². The molecule has 1 amide bonds. The SMILES string of the molecule is Cc1ccc(-c2csc(NC(=O)c3cn4c(C)csc4n3)n2)cc1C. The van der Waals surface area contributed by atoms with Gasteiger partial charge in [-0.05, 0) is 38.0 Å². The summed E-state index contributed by atoms with van der Waals surface area (Å²) in [5.74, 6) is -0.240. The van der Waals surface area contributed by atoms with Crippen LogP contribution in [0.1, 0.15) is 27.3 Å². The fourth-order valence-corrected chi connectivity index (χ4v) is 4.09. The highest BCUT2D eigenvalue weighted by molar-refractivity contribution is 7.15. The van der Waals surface area contributed by atoms with E-state index in [1.165, 1.54) is 33.8 Å². The first kappa shape index (κ1) is 16.0. The van der Waals surface area contributed by atoms with Gasteiger partial charge in [0.05, 0.1) is 5.69 Å². The van der Waals surface area contributed by atoms with Gasteiger partial charge in [-0.3, -0.25) is 14.5 Å². The maximum atomic E-state index is 12.4. The average Bonchev–Trinajstić information content (AvgIpc) is 3.28. The molecule has 0 atom stereocenters. The number of nitrogens with zero attached hydrogens (tertiary/aromatic N) is 3. The van der Waals surface area contributed by atoms with Crippen molar-refractivity contribution in [1.29, 1.82) is 0 Å². The quantitative estimate of drug-likeness (QED) is 0.570. The van der Waals surface area contributed by atoms with E-state index in [2.05, 4.69) is 47.3 Å². The molecule has 4 aromatic rings. The Kier molecular flexibility index (Phi) is 3.89. The second-order valence-electron chi connectivity index (χ2n) is 5.95. The Morgan fingerprint density at radius 1 is 1.08 bits per heavy atom. The Hall–Kier alpha value is -2.51. The summed E-state index contributed by atoms with van der Waals surface area (Å²) in [7, 11) is 0. The molecule has 0 spiro atoms. The van der Waals surface area contributed by atoms with Crippen LogP contribution in [0.4, 0.5) is 5.13 Å². The Morgan fingerprint density at radius 2 is 1.92 bits per heavy atom. The lowest BCUT2D eigenvalue weighted by Crippen LogP contribution is -2.12. The summed E-state index contributed by atoms with van der Waals surface area (Å²) in [5.41, 5.74) is 5.87. The van der Waals surface area contributed by atoms with Gasteiger partial charge in [-0.1, -0.05) is 12.1 Å². The van der Waals surface area contributed by atoms with Crippen LogP contribution in [0.25, 0.3) is 16.2 Å². The summed E-state index contributed by atoms with van der Waals surface area (Å²) in [4.78, 5) is 22.1. The second kappa shape index (κ2) is 6.09. The van der Waals surface area contributed by atoms with Crippen LogP contribution < -0.4 is 5.32 Å². The topological polar surface area (TPSA) is 59.3 Å². The minimum atomic E-state index is -0.240. The van der Waals surface area contributed by atoms with E-state index in [1.54, 1.807) is 6.20 Å². The molecule has 3 heterocycles. The molecule has 0 fully saturated rings. The van der Waals surface area contributed by atoms with E-state index in [0.717, 1.165) is 21.9 Å². The molecule has 1 N–H and O–H groups in total. The number of anilines is 1. The van der Waals surface area contributed by atoms with Gasteiger partial charge in [0, 0.05) is 28.2 Å². The largest absolute Gasteiger partial charge is 0.296 e. The molecule has 0 aliphatic rings. The fourth-order valence-electron chi connectivity index (χ4n) is 2.53. The summed E-state index contributed by atoms with van der Waals surface area (Å²) in [6.45, 7) is 6.16. The van der Waals surface area contributed by atoms with Crippen LogP contribution in [0.3, 0.4) is 0 Å². The number of nitrogens with one attached hydrogen (secondary N) is 1. The van der Waals surface area contributed by atoms with Crippen molar-refractivity contribution < 1.29 is 4.79 Å². The molecule has 3 aromatic heterocycles. The van der Waals surface area contributed by atoms with Gasteiger partial charge in [-0.15, -0.1) is 22.7 Å². The highest BCUT2D eigenvalue weighted by atomic mass is 32.1. The Morgan fingerprint density at radius 3 is 2.68 bits per heavy atom. The van der Waals surface area contributed by atoms with E-state index in [-0.39, 0.29) is 5.91 Å². The molecule has 25 heavy (non-hydrogen) atoms. The first-order valence-electron chi connectivity index (χ1n) is 7.79. The molecular formula is C18H16N4OS2. The molecule has 0 saturated heterocycles. The van der Waals surface area contributed by atoms with Crippen LogP contribution in [-0.4, -0.2) is 20.3 Å². The predicted molar refractivity (Wildman–Crippen MR) is 103 cm³/mol. The van der Waals surface area contributed by atoms with Gasteiger partial charge in [-0.2, -0.15) is 0 Å². The van der Waals surface area contributed by atoms with Crippen LogP contribution in [0.2, 0.25) is 0 Å². The highest BCUT2D eigenvalue weighted by Crippen LogP contribution is 2.27. The fraction of sp³-hybridized carbons (Fsp3) is 0.167. The van der Waals surface area contributed by atoms with Crippen molar-refractivity contribution in [3.63, 3.8) is 0 Å². The van der Waals surface area contributed by atoms with E-state index in [4.69, 9.17) is 0 Å². The van der Waals surface area contributed by atoms with Crippen molar-refractivity contribution in [2.75, 3.05) is 5.32 Å². The van der Waals surface area contributed by atoms with Crippen molar-refractivity contribution >= 4 is 38.7 Å². The molecule has 0 aliphatic carbocycles. The van der Waals surface area contributed by atoms with E-state index in [0.29, 0.717) is 10.8 Å². The summed E-state index contributed by atoms with van der Waals surface area (Å²) < 4.78 is 1.92. The number of thiazole rings is 2. The molecule has 5 nitrogen and oxygen atoms in total. The van der Waals surface area contributed by atoms with Crippen molar-refractivity contribution in [2.45, 2.75) is 20.8 Å². The molecule has 0 bridgehead atoms. The van der Waals surface area contributed by atoms with Crippen molar-refractivity contribution in [2.24, 2.45) is 0 Å².